The molecule has 1 aliphatic carbocycles. The van der Waals surface area contributed by atoms with Crippen LogP contribution in [0.5, 0.6) is 0 Å². The van der Waals surface area contributed by atoms with Gasteiger partial charge in [-0.3, -0.25) is 0 Å². The Labute approximate surface area is 78.7 Å². The predicted octanol–water partition coefficient (Wildman–Crippen LogP) is 1.07. The van der Waals surface area contributed by atoms with E-state index in [0.29, 0.717) is 9.85 Å². The number of hydrogen-bond acceptors (Lipinski definition) is 2. The summed E-state index contributed by atoms with van der Waals surface area (Å²) in [5.41, 5.74) is 0. The maximum atomic E-state index is 9.24. The number of hydrogen-bond donors (Lipinski definition) is 2. The first-order chi connectivity index (χ1) is 4.72. The Kier molecular flexibility index (Phi) is 4.13. The third-order valence-corrected chi connectivity index (χ3v) is 14.3. The van der Waals surface area contributed by atoms with Crippen LogP contribution in [0.2, 0.25) is 3.43 Å². The van der Waals surface area contributed by atoms with Crippen LogP contribution in [0.3, 0.4) is 0 Å². The van der Waals surface area contributed by atoms with Crippen molar-refractivity contribution in [1.82, 2.24) is 0 Å². The van der Waals surface area contributed by atoms with Crippen molar-refractivity contribution in [3.8, 4) is 0 Å². The van der Waals surface area contributed by atoms with Gasteiger partial charge in [-0.1, -0.05) is 0 Å². The zero-order valence-electron chi connectivity index (χ0n) is 5.83. The number of aliphatic hydroxyl groups excluding tert-OH is 2. The van der Waals surface area contributed by atoms with Crippen LogP contribution in [0, 0.1) is 0 Å². The van der Waals surface area contributed by atoms with E-state index in [1.807, 2.05) is 0 Å². The Morgan fingerprint density at radius 1 is 1.10 bits per heavy atom. The Balaban J connectivity index is 2.35. The van der Waals surface area contributed by atoms with Crippen molar-refractivity contribution >= 4 is 11.9 Å². The zero-order valence-corrected chi connectivity index (χ0v) is 12.9. The van der Waals surface area contributed by atoms with Gasteiger partial charge in [0, 0.05) is 0 Å². The summed E-state index contributed by atoms with van der Waals surface area (Å²) in [7, 11) is 0. The van der Waals surface area contributed by atoms with E-state index in [1.165, 1.54) is 0 Å². The quantitative estimate of drug-likeness (QED) is 0.652. The number of halogens is 1. The monoisotopic (exact) mass is 396 g/mol. The van der Waals surface area contributed by atoms with Crippen molar-refractivity contribution < 1.29 is 32.4 Å². The molecule has 0 saturated heterocycles. The number of rotatable bonds is 1. The molecule has 0 radical (unpaired) electrons. The number of aliphatic hydroxyl groups is 2. The van der Waals surface area contributed by atoms with E-state index >= 15 is 0 Å². The molecule has 0 heterocycles. The minimum atomic E-state index is -0.859. The van der Waals surface area contributed by atoms with Gasteiger partial charge >= 0.3 is 79.2 Å². The van der Waals surface area contributed by atoms with E-state index < -0.39 is 22.1 Å². The molecule has 0 bridgehead atoms. The van der Waals surface area contributed by atoms with E-state index in [9.17, 15) is 10.2 Å². The fourth-order valence-corrected chi connectivity index (χ4v) is 10.1. The molecule has 0 amide bonds. The molecule has 56 valence electrons. The summed E-state index contributed by atoms with van der Waals surface area (Å²) in [6, 6.07) is 0. The molecule has 0 aliphatic heterocycles. The van der Waals surface area contributed by atoms with E-state index in [4.69, 9.17) is 0 Å². The topological polar surface area (TPSA) is 40.5 Å². The Morgan fingerprint density at radius 2 is 1.60 bits per heavy atom. The van der Waals surface area contributed by atoms with Crippen molar-refractivity contribution in [2.24, 2.45) is 0 Å². The average molecular weight is 396 g/mol. The van der Waals surface area contributed by atoms with Gasteiger partial charge < -0.3 is 0 Å². The van der Waals surface area contributed by atoms with Crippen molar-refractivity contribution in [3.63, 3.8) is 0 Å². The van der Waals surface area contributed by atoms with Crippen LogP contribution in [-0.2, 0) is 22.1 Å². The van der Waals surface area contributed by atoms with Crippen LogP contribution in [0.4, 0.5) is 0 Å². The molecule has 2 nitrogen and oxygen atoms in total. The van der Waals surface area contributed by atoms with Gasteiger partial charge in [0.1, 0.15) is 0 Å². The fraction of sp³-hybridized carbons (Fsp3) is 1.00. The van der Waals surface area contributed by atoms with Crippen LogP contribution >= 0.6 is 11.9 Å². The van der Waals surface area contributed by atoms with Crippen molar-refractivity contribution in [1.29, 1.82) is 0 Å². The second kappa shape index (κ2) is 4.38. The van der Waals surface area contributed by atoms with Gasteiger partial charge in [-0.25, -0.2) is 0 Å². The summed E-state index contributed by atoms with van der Waals surface area (Å²) in [5.74, 6) is 0. The molecule has 10 heavy (non-hydrogen) atoms. The molecule has 1 aliphatic rings. The third kappa shape index (κ3) is 2.76. The van der Waals surface area contributed by atoms with Crippen molar-refractivity contribution in [2.75, 3.05) is 0 Å². The van der Waals surface area contributed by atoms with Gasteiger partial charge in [0.25, 0.3) is 0 Å². The first-order valence-electron chi connectivity index (χ1n) is 3.64. The summed E-state index contributed by atoms with van der Waals surface area (Å²) < 4.78 is 0.679. The fourth-order valence-electron chi connectivity index (χ4n) is 1.50. The van der Waals surface area contributed by atoms with Gasteiger partial charge in [-0.05, 0) is 0 Å². The Bertz CT molecular complexity index is 102. The van der Waals surface area contributed by atoms with Gasteiger partial charge in [0.2, 0.25) is 0 Å². The standard InChI is InChI=1S/C6H11O2.BrH.Hg/c7-5-2-1-3-6(8)4-5;;/h1,5-8H,2-4H2;1H;/q;;+1/p-1/t5-,6+;;. The molecular weight excluding hydrogens is 385 g/mol. The summed E-state index contributed by atoms with van der Waals surface area (Å²) in [6.07, 6.45) is 2.00. The first kappa shape index (κ1) is 9.42. The molecule has 0 aromatic heterocycles. The Morgan fingerprint density at radius 3 is 2.00 bits per heavy atom. The van der Waals surface area contributed by atoms with Crippen molar-refractivity contribution in [2.45, 2.75) is 34.9 Å². The third-order valence-electron chi connectivity index (χ3n) is 1.97. The van der Waals surface area contributed by atoms with Gasteiger partial charge in [0.05, 0.1) is 0 Å². The molecule has 1 rings (SSSR count). The predicted molar refractivity (Wildman–Crippen MR) is 38.5 cm³/mol. The van der Waals surface area contributed by atoms with E-state index in [0.717, 1.165) is 12.8 Å². The first-order valence-corrected chi connectivity index (χ1v) is 18.7. The summed E-state index contributed by atoms with van der Waals surface area (Å²) in [5, 5.41) is 18.5. The summed E-state index contributed by atoms with van der Waals surface area (Å²) in [4.78, 5) is 0. The van der Waals surface area contributed by atoms with E-state index in [-0.39, 0.29) is 12.2 Å². The van der Waals surface area contributed by atoms with Crippen LogP contribution in [0.1, 0.15) is 19.3 Å². The van der Waals surface area contributed by atoms with Crippen molar-refractivity contribution in [3.05, 3.63) is 0 Å². The molecule has 2 N–H and O–H groups in total. The average Bonchev–Trinajstić information content (AvgIpc) is 1.85. The molecule has 1 fully saturated rings. The molecule has 4 heteroatoms. The normalized spacial score (nSPS) is 40.9. The molecule has 0 aromatic rings. The SMILES string of the molecule is O[C@@H]1C[CH]([Hg][Br])C[C@H](O)C1. The van der Waals surface area contributed by atoms with Crippen LogP contribution < -0.4 is 0 Å². The summed E-state index contributed by atoms with van der Waals surface area (Å²) >= 11 is 2.71. The molecule has 1 saturated carbocycles. The second-order valence-corrected chi connectivity index (χ2v) is 14.4. The molecule has 3 atom stereocenters. The maximum absolute atomic E-state index is 9.24. The van der Waals surface area contributed by atoms with Gasteiger partial charge in [-0.15, -0.1) is 0 Å². The van der Waals surface area contributed by atoms with E-state index in [2.05, 4.69) is 11.9 Å². The Hall–Kier alpha value is 1.34. The molecular formula is C6H11BrHgO2. The molecule has 0 aromatic carbocycles. The molecule has 0 spiro atoms. The van der Waals surface area contributed by atoms with Crippen LogP contribution in [-0.4, -0.2) is 22.4 Å². The zero-order chi connectivity index (χ0) is 7.56. The van der Waals surface area contributed by atoms with Crippen LogP contribution in [0.25, 0.3) is 0 Å². The van der Waals surface area contributed by atoms with Crippen LogP contribution in [0.15, 0.2) is 0 Å². The summed E-state index contributed by atoms with van der Waals surface area (Å²) in [6.45, 7) is 0. The molecule has 1 unspecified atom stereocenters. The van der Waals surface area contributed by atoms with E-state index in [1.54, 1.807) is 0 Å². The second-order valence-electron chi connectivity index (χ2n) is 3.04. The van der Waals surface area contributed by atoms with Gasteiger partial charge in [-0.2, -0.15) is 0 Å². The minimum absolute atomic E-state index is 0.230. The van der Waals surface area contributed by atoms with Gasteiger partial charge in [0.15, 0.2) is 0 Å².